The van der Waals surface area contributed by atoms with E-state index < -0.39 is 0 Å². The van der Waals surface area contributed by atoms with Crippen molar-refractivity contribution in [2.24, 2.45) is 5.73 Å². The maximum atomic E-state index is 5.93. The van der Waals surface area contributed by atoms with Gasteiger partial charge in [0.1, 0.15) is 17.2 Å². The highest BCUT2D eigenvalue weighted by Crippen LogP contribution is 2.41. The van der Waals surface area contributed by atoms with Crippen LogP contribution in [0.4, 0.5) is 11.5 Å². The van der Waals surface area contributed by atoms with E-state index >= 15 is 0 Å². The molecule has 3 rings (SSSR count). The number of anilines is 2. The Hall–Kier alpha value is -3.26. The van der Waals surface area contributed by atoms with Crippen LogP contribution in [0, 0.1) is 0 Å². The molecule has 0 unspecified atom stereocenters. The van der Waals surface area contributed by atoms with Gasteiger partial charge in [-0.25, -0.2) is 0 Å². The number of methoxy groups -OCH3 is 2. The predicted octanol–water partition coefficient (Wildman–Crippen LogP) is 2.96. The third kappa shape index (κ3) is 4.48. The number of benzene rings is 1. The largest absolute Gasteiger partial charge is 0.496 e. The molecule has 0 fully saturated rings. The summed E-state index contributed by atoms with van der Waals surface area (Å²) in [4.78, 5) is 4.08. The van der Waals surface area contributed by atoms with Crippen molar-refractivity contribution < 1.29 is 14.2 Å². The predicted molar refractivity (Wildman–Crippen MR) is 104 cm³/mol. The Bertz CT molecular complexity index is 867. The van der Waals surface area contributed by atoms with Crippen LogP contribution in [0.1, 0.15) is 6.42 Å². The monoisotopic (exact) mass is 369 g/mol. The number of aromatic amines is 1. The molecule has 4 N–H and O–H groups in total. The zero-order chi connectivity index (χ0) is 19.1. The van der Waals surface area contributed by atoms with Gasteiger partial charge in [-0.1, -0.05) is 0 Å². The molecule has 0 aliphatic rings. The summed E-state index contributed by atoms with van der Waals surface area (Å²) in [7, 11) is 3.21. The van der Waals surface area contributed by atoms with Crippen LogP contribution in [0.2, 0.25) is 0 Å². The minimum absolute atomic E-state index is 0.495. The zero-order valence-electron chi connectivity index (χ0n) is 15.4. The third-order valence-corrected chi connectivity index (χ3v) is 3.88. The lowest BCUT2D eigenvalue weighted by Crippen LogP contribution is -2.07. The molecule has 1 aromatic carbocycles. The van der Waals surface area contributed by atoms with Crippen molar-refractivity contribution in [1.82, 2.24) is 15.2 Å². The normalized spacial score (nSPS) is 10.5. The van der Waals surface area contributed by atoms with E-state index in [0.29, 0.717) is 36.2 Å². The van der Waals surface area contributed by atoms with Crippen LogP contribution in [0.5, 0.6) is 17.2 Å². The SMILES string of the molecule is COc1cc(OC)c(-c2cc(Nc3cccnc3)n[nH]2)c(OCCCN)c1. The van der Waals surface area contributed by atoms with Crippen LogP contribution in [-0.2, 0) is 0 Å². The zero-order valence-corrected chi connectivity index (χ0v) is 15.4. The van der Waals surface area contributed by atoms with Crippen molar-refractivity contribution in [1.29, 1.82) is 0 Å². The Morgan fingerprint density at radius 1 is 1.15 bits per heavy atom. The van der Waals surface area contributed by atoms with Crippen LogP contribution in [0.3, 0.4) is 0 Å². The molecule has 0 aliphatic carbocycles. The lowest BCUT2D eigenvalue weighted by Gasteiger charge is -2.15. The van der Waals surface area contributed by atoms with E-state index in [1.54, 1.807) is 32.7 Å². The van der Waals surface area contributed by atoms with E-state index in [0.717, 1.165) is 23.4 Å². The molecule has 27 heavy (non-hydrogen) atoms. The van der Waals surface area contributed by atoms with Crippen molar-refractivity contribution in [2.45, 2.75) is 6.42 Å². The minimum atomic E-state index is 0.495. The molecule has 0 spiro atoms. The molecule has 8 nitrogen and oxygen atoms in total. The van der Waals surface area contributed by atoms with Gasteiger partial charge in [0, 0.05) is 24.4 Å². The lowest BCUT2D eigenvalue weighted by atomic mass is 10.1. The van der Waals surface area contributed by atoms with Gasteiger partial charge in [0.15, 0.2) is 5.82 Å². The van der Waals surface area contributed by atoms with Crippen LogP contribution in [0.25, 0.3) is 11.3 Å². The molecule has 0 radical (unpaired) electrons. The highest BCUT2D eigenvalue weighted by atomic mass is 16.5. The highest BCUT2D eigenvalue weighted by Gasteiger charge is 2.18. The van der Waals surface area contributed by atoms with Crippen molar-refractivity contribution in [3.05, 3.63) is 42.7 Å². The Kier molecular flexibility index (Phi) is 6.11. The molecule has 0 aliphatic heterocycles. The quantitative estimate of drug-likeness (QED) is 0.498. The smallest absolute Gasteiger partial charge is 0.152 e. The second kappa shape index (κ2) is 8.91. The molecular weight excluding hydrogens is 346 g/mol. The van der Waals surface area contributed by atoms with Crippen LogP contribution < -0.4 is 25.3 Å². The van der Waals surface area contributed by atoms with Crippen LogP contribution in [-0.4, -0.2) is 42.6 Å². The summed E-state index contributed by atoms with van der Waals surface area (Å²) in [5.41, 5.74) is 7.93. The third-order valence-electron chi connectivity index (χ3n) is 3.88. The van der Waals surface area contributed by atoms with Gasteiger partial charge in [-0.15, -0.1) is 0 Å². The molecule has 0 atom stereocenters. The van der Waals surface area contributed by atoms with Crippen molar-refractivity contribution in [3.8, 4) is 28.5 Å². The molecule has 0 bridgehead atoms. The first-order chi connectivity index (χ1) is 13.2. The maximum absolute atomic E-state index is 5.93. The molecule has 0 saturated heterocycles. The molecule has 2 heterocycles. The fraction of sp³-hybridized carbons (Fsp3) is 0.263. The molecule has 8 heteroatoms. The Morgan fingerprint density at radius 3 is 2.70 bits per heavy atom. The molecule has 0 amide bonds. The standard InChI is InChI=1S/C19H23N5O3/c1-25-14-9-16(26-2)19(17(10-14)27-8-4-6-20)15-11-18(24-23-15)22-13-5-3-7-21-12-13/h3,5,7,9-12H,4,6,8,20H2,1-2H3,(H2,22,23,24). The van der Waals surface area contributed by atoms with Gasteiger partial charge in [-0.2, -0.15) is 5.10 Å². The summed E-state index contributed by atoms with van der Waals surface area (Å²) < 4.78 is 16.8. The van der Waals surface area contributed by atoms with Gasteiger partial charge in [0.25, 0.3) is 0 Å². The van der Waals surface area contributed by atoms with E-state index in [4.69, 9.17) is 19.9 Å². The summed E-state index contributed by atoms with van der Waals surface area (Å²) in [6.07, 6.45) is 4.19. The van der Waals surface area contributed by atoms with Crippen molar-refractivity contribution in [2.75, 3.05) is 32.7 Å². The Labute approximate surface area is 157 Å². The van der Waals surface area contributed by atoms with E-state index in [2.05, 4.69) is 20.5 Å². The fourth-order valence-electron chi connectivity index (χ4n) is 2.59. The van der Waals surface area contributed by atoms with Gasteiger partial charge in [-0.3, -0.25) is 10.1 Å². The van der Waals surface area contributed by atoms with Gasteiger partial charge in [0.2, 0.25) is 0 Å². The van der Waals surface area contributed by atoms with Gasteiger partial charge >= 0.3 is 0 Å². The second-order valence-corrected chi connectivity index (χ2v) is 5.73. The average molecular weight is 369 g/mol. The number of ether oxygens (including phenoxy) is 3. The number of nitrogens with one attached hydrogen (secondary N) is 2. The van der Waals surface area contributed by atoms with E-state index in [1.807, 2.05) is 24.3 Å². The van der Waals surface area contributed by atoms with Crippen LogP contribution in [0.15, 0.2) is 42.7 Å². The number of rotatable bonds is 9. The fourth-order valence-corrected chi connectivity index (χ4v) is 2.59. The first-order valence-electron chi connectivity index (χ1n) is 8.57. The van der Waals surface area contributed by atoms with E-state index in [9.17, 15) is 0 Å². The number of hydrogen-bond donors (Lipinski definition) is 3. The molecule has 142 valence electrons. The first-order valence-corrected chi connectivity index (χ1v) is 8.57. The van der Waals surface area contributed by atoms with E-state index in [-0.39, 0.29) is 0 Å². The maximum Gasteiger partial charge on any atom is 0.152 e. The molecular formula is C19H23N5O3. The summed E-state index contributed by atoms with van der Waals surface area (Å²) in [6.45, 7) is 1.05. The van der Waals surface area contributed by atoms with Gasteiger partial charge in [-0.05, 0) is 25.1 Å². The number of nitrogens with zero attached hydrogens (tertiary/aromatic N) is 2. The number of aromatic nitrogens is 3. The molecule has 3 aromatic rings. The summed E-state index contributed by atoms with van der Waals surface area (Å²) in [6, 6.07) is 9.28. The summed E-state index contributed by atoms with van der Waals surface area (Å²) in [5, 5.41) is 10.5. The van der Waals surface area contributed by atoms with E-state index in [1.165, 1.54) is 0 Å². The summed E-state index contributed by atoms with van der Waals surface area (Å²) in [5.74, 6) is 2.56. The van der Waals surface area contributed by atoms with Gasteiger partial charge in [0.05, 0.1) is 44.0 Å². The van der Waals surface area contributed by atoms with Crippen LogP contribution >= 0.6 is 0 Å². The van der Waals surface area contributed by atoms with Gasteiger partial charge < -0.3 is 25.3 Å². The molecule has 2 aromatic heterocycles. The Balaban J connectivity index is 1.94. The highest BCUT2D eigenvalue weighted by molar-refractivity contribution is 5.78. The number of hydrogen-bond acceptors (Lipinski definition) is 7. The topological polar surface area (TPSA) is 107 Å². The van der Waals surface area contributed by atoms with Crippen molar-refractivity contribution in [3.63, 3.8) is 0 Å². The Morgan fingerprint density at radius 2 is 2.00 bits per heavy atom. The molecule has 0 saturated carbocycles. The first kappa shape index (κ1) is 18.5. The average Bonchev–Trinajstić information content (AvgIpc) is 3.16. The lowest BCUT2D eigenvalue weighted by molar-refractivity contribution is 0.309. The number of H-pyrrole nitrogens is 1. The second-order valence-electron chi connectivity index (χ2n) is 5.73. The number of nitrogens with two attached hydrogens (primary N) is 1. The minimum Gasteiger partial charge on any atom is -0.496 e. The number of pyridine rings is 1. The summed E-state index contributed by atoms with van der Waals surface area (Å²) >= 11 is 0. The van der Waals surface area contributed by atoms with Crippen molar-refractivity contribution >= 4 is 11.5 Å².